The first-order valence-electron chi connectivity index (χ1n) is 6.51. The van der Waals surface area contributed by atoms with Crippen molar-refractivity contribution in [3.8, 4) is 11.8 Å². The largest absolute Gasteiger partial charge is 0.395 e. The van der Waals surface area contributed by atoms with Crippen LogP contribution in [-0.4, -0.2) is 42.9 Å². The maximum Gasteiger partial charge on any atom is 0.271 e. The van der Waals surface area contributed by atoms with Gasteiger partial charge in [-0.05, 0) is 18.1 Å². The first-order chi connectivity index (χ1) is 9.69. The molecule has 5 heteroatoms. The monoisotopic (exact) mass is 276 g/mol. The average Bonchev–Trinajstić information content (AvgIpc) is 2.46. The third-order valence-electron chi connectivity index (χ3n) is 2.54. The zero-order valence-electron chi connectivity index (χ0n) is 11.8. The topological polar surface area (TPSA) is 71.5 Å². The van der Waals surface area contributed by atoms with Crippen molar-refractivity contribution in [2.75, 3.05) is 26.9 Å². The highest BCUT2D eigenvalue weighted by Gasteiger charge is 2.12. The minimum absolute atomic E-state index is 0.00330. The quantitative estimate of drug-likeness (QED) is 0.755. The normalized spacial score (nSPS) is 11.3. The molecule has 0 radical (unpaired) electrons. The Morgan fingerprint density at radius 2 is 2.40 bits per heavy atom. The van der Waals surface area contributed by atoms with Gasteiger partial charge in [-0.2, -0.15) is 0 Å². The second kappa shape index (κ2) is 9.08. The van der Waals surface area contributed by atoms with Gasteiger partial charge in [-0.15, -0.1) is 0 Å². The molecule has 0 saturated heterocycles. The summed E-state index contributed by atoms with van der Waals surface area (Å²) < 4.78 is 5.02. The second-order valence-corrected chi connectivity index (χ2v) is 4.45. The van der Waals surface area contributed by atoms with Gasteiger partial charge in [-0.1, -0.05) is 18.8 Å². The third kappa shape index (κ3) is 5.39. The summed E-state index contributed by atoms with van der Waals surface area (Å²) in [5.74, 6) is 5.63. The van der Waals surface area contributed by atoms with Crippen molar-refractivity contribution in [2.45, 2.75) is 13.3 Å². The van der Waals surface area contributed by atoms with Crippen LogP contribution in [0.5, 0.6) is 0 Å². The number of rotatable bonds is 6. The van der Waals surface area contributed by atoms with E-state index in [4.69, 9.17) is 9.84 Å². The molecule has 5 nitrogen and oxygen atoms in total. The van der Waals surface area contributed by atoms with Crippen LogP contribution < -0.4 is 5.32 Å². The van der Waals surface area contributed by atoms with Crippen LogP contribution >= 0.6 is 0 Å². The number of carbonyl (C=O) groups excluding carboxylic acids is 1. The van der Waals surface area contributed by atoms with Gasteiger partial charge in [0.05, 0.1) is 18.8 Å². The van der Waals surface area contributed by atoms with Crippen LogP contribution in [0, 0.1) is 17.8 Å². The van der Waals surface area contributed by atoms with Gasteiger partial charge >= 0.3 is 0 Å². The van der Waals surface area contributed by atoms with E-state index in [1.165, 1.54) is 0 Å². The molecule has 1 atom stereocenters. The molecule has 2 N–H and O–H groups in total. The number of pyridine rings is 1. The van der Waals surface area contributed by atoms with Crippen molar-refractivity contribution >= 4 is 5.91 Å². The lowest BCUT2D eigenvalue weighted by Crippen LogP contribution is -2.31. The number of hydrogen-bond acceptors (Lipinski definition) is 4. The molecule has 0 spiro atoms. The van der Waals surface area contributed by atoms with Gasteiger partial charge in [0.25, 0.3) is 5.91 Å². The lowest BCUT2D eigenvalue weighted by molar-refractivity contribution is 0.0929. The zero-order chi connectivity index (χ0) is 14.8. The van der Waals surface area contributed by atoms with Crippen LogP contribution in [0.4, 0.5) is 0 Å². The molecule has 0 aliphatic rings. The Morgan fingerprint density at radius 3 is 3.10 bits per heavy atom. The first-order valence-corrected chi connectivity index (χ1v) is 6.51. The number of nitrogens with zero attached hydrogens (tertiary/aromatic N) is 1. The molecule has 1 unspecified atom stereocenters. The highest BCUT2D eigenvalue weighted by atomic mass is 16.5. The predicted molar refractivity (Wildman–Crippen MR) is 76.2 cm³/mol. The predicted octanol–water partition coefficient (Wildman–Crippen LogP) is 0.828. The molecule has 1 aromatic rings. The summed E-state index contributed by atoms with van der Waals surface area (Å²) in [5.41, 5.74) is 0.875. The van der Waals surface area contributed by atoms with Crippen LogP contribution in [0.15, 0.2) is 18.3 Å². The summed E-state index contributed by atoms with van der Waals surface area (Å²) in [5, 5.41) is 11.5. The van der Waals surface area contributed by atoms with Crippen molar-refractivity contribution in [3.05, 3.63) is 29.6 Å². The Labute approximate surface area is 119 Å². The first kappa shape index (κ1) is 16.2. The molecule has 1 aromatic heterocycles. The van der Waals surface area contributed by atoms with Crippen molar-refractivity contribution in [1.82, 2.24) is 10.3 Å². The molecule has 0 saturated carbocycles. The number of ether oxygens (including phenoxy) is 1. The number of methoxy groups -OCH3 is 1. The van der Waals surface area contributed by atoms with E-state index in [9.17, 15) is 4.79 Å². The van der Waals surface area contributed by atoms with Crippen LogP contribution in [0.2, 0.25) is 0 Å². The van der Waals surface area contributed by atoms with Gasteiger partial charge in [0.1, 0.15) is 5.69 Å². The van der Waals surface area contributed by atoms with E-state index < -0.39 is 0 Å². The summed E-state index contributed by atoms with van der Waals surface area (Å²) in [6.07, 6.45) is 1.94. The molecule has 1 amide bonds. The lowest BCUT2D eigenvalue weighted by atomic mass is 10.1. The fourth-order valence-corrected chi connectivity index (χ4v) is 1.59. The van der Waals surface area contributed by atoms with Gasteiger partial charge in [-0.25, -0.2) is 4.98 Å². The van der Waals surface area contributed by atoms with Gasteiger partial charge in [0, 0.05) is 26.3 Å². The summed E-state index contributed by atoms with van der Waals surface area (Å²) in [6, 6.07) is 3.47. The summed E-state index contributed by atoms with van der Waals surface area (Å²) in [7, 11) is 1.63. The number of nitrogens with one attached hydrogen (secondary N) is 1. The SMILES string of the molecule is COCC(C)CNC(=O)c1ncccc1C#CCCO. The van der Waals surface area contributed by atoms with E-state index in [1.807, 2.05) is 6.92 Å². The smallest absolute Gasteiger partial charge is 0.271 e. The van der Waals surface area contributed by atoms with Crippen LogP contribution in [0.1, 0.15) is 29.4 Å². The Bertz CT molecular complexity index is 491. The van der Waals surface area contributed by atoms with Gasteiger partial charge in [0.2, 0.25) is 0 Å². The van der Waals surface area contributed by atoms with Crippen molar-refractivity contribution in [2.24, 2.45) is 5.92 Å². The molecular weight excluding hydrogens is 256 g/mol. The highest BCUT2D eigenvalue weighted by Crippen LogP contribution is 2.04. The van der Waals surface area contributed by atoms with E-state index in [0.29, 0.717) is 30.8 Å². The average molecular weight is 276 g/mol. The van der Waals surface area contributed by atoms with Crippen molar-refractivity contribution < 1.29 is 14.6 Å². The van der Waals surface area contributed by atoms with Crippen LogP contribution in [-0.2, 0) is 4.74 Å². The molecule has 20 heavy (non-hydrogen) atoms. The standard InChI is InChI=1S/C15H20N2O3/c1-12(11-20-2)10-17-15(19)14-13(6-3-4-9-18)7-5-8-16-14/h5,7-8,12,18H,4,9-11H2,1-2H3,(H,17,19). The number of amides is 1. The van der Waals surface area contributed by atoms with Gasteiger partial charge in [-0.3, -0.25) is 4.79 Å². The van der Waals surface area contributed by atoms with E-state index in [1.54, 1.807) is 25.4 Å². The third-order valence-corrected chi connectivity index (χ3v) is 2.54. The summed E-state index contributed by atoms with van der Waals surface area (Å²) in [4.78, 5) is 16.1. The number of aliphatic hydroxyl groups is 1. The number of hydrogen-bond donors (Lipinski definition) is 2. The highest BCUT2D eigenvalue weighted by molar-refractivity contribution is 5.94. The number of aliphatic hydroxyl groups excluding tert-OH is 1. The molecule has 0 aromatic carbocycles. The fraction of sp³-hybridized carbons (Fsp3) is 0.467. The fourth-order valence-electron chi connectivity index (χ4n) is 1.59. The molecule has 108 valence electrons. The molecule has 1 rings (SSSR count). The Morgan fingerprint density at radius 1 is 1.60 bits per heavy atom. The molecule has 0 fully saturated rings. The van der Waals surface area contributed by atoms with Crippen LogP contribution in [0.25, 0.3) is 0 Å². The van der Waals surface area contributed by atoms with E-state index in [0.717, 1.165) is 0 Å². The summed E-state index contributed by atoms with van der Waals surface area (Å²) >= 11 is 0. The van der Waals surface area contributed by atoms with Gasteiger partial charge < -0.3 is 15.2 Å². The molecule has 0 aliphatic carbocycles. The van der Waals surface area contributed by atoms with Crippen LogP contribution in [0.3, 0.4) is 0 Å². The number of aromatic nitrogens is 1. The van der Waals surface area contributed by atoms with E-state index in [2.05, 4.69) is 22.1 Å². The zero-order valence-corrected chi connectivity index (χ0v) is 11.8. The Kier molecular flexibility index (Phi) is 7.33. The molecule has 1 heterocycles. The molecule has 0 bridgehead atoms. The maximum atomic E-state index is 12.1. The van der Waals surface area contributed by atoms with E-state index >= 15 is 0 Å². The van der Waals surface area contributed by atoms with Crippen molar-refractivity contribution in [1.29, 1.82) is 0 Å². The lowest BCUT2D eigenvalue weighted by Gasteiger charge is -2.11. The minimum Gasteiger partial charge on any atom is -0.395 e. The van der Waals surface area contributed by atoms with Crippen molar-refractivity contribution in [3.63, 3.8) is 0 Å². The minimum atomic E-state index is -0.248. The molecule has 0 aliphatic heterocycles. The summed E-state index contributed by atoms with van der Waals surface area (Å²) in [6.45, 7) is 3.10. The molecular formula is C15H20N2O3. The maximum absolute atomic E-state index is 12.1. The van der Waals surface area contributed by atoms with E-state index in [-0.39, 0.29) is 18.4 Å². The Balaban J connectivity index is 2.71. The Hall–Kier alpha value is -1.90. The van der Waals surface area contributed by atoms with Gasteiger partial charge in [0.15, 0.2) is 0 Å². The second-order valence-electron chi connectivity index (χ2n) is 4.45. The number of carbonyl (C=O) groups is 1.